The van der Waals surface area contributed by atoms with Crippen molar-refractivity contribution in [1.82, 2.24) is 4.90 Å². The van der Waals surface area contributed by atoms with Gasteiger partial charge >= 0.3 is 0 Å². The maximum absolute atomic E-state index is 8.85. The van der Waals surface area contributed by atoms with Gasteiger partial charge in [-0.15, -0.1) is 0 Å². The molecule has 1 saturated heterocycles. The summed E-state index contributed by atoms with van der Waals surface area (Å²) < 4.78 is 5.28. The van der Waals surface area contributed by atoms with Gasteiger partial charge in [0.05, 0.1) is 25.4 Å². The van der Waals surface area contributed by atoms with Crippen LogP contribution >= 0.6 is 0 Å². The van der Waals surface area contributed by atoms with Crippen molar-refractivity contribution in [2.24, 2.45) is 10.9 Å². The topological polar surface area (TPSA) is 91.3 Å². The number of hydrogen-bond donors (Lipinski definition) is 3. The van der Waals surface area contributed by atoms with Crippen LogP contribution in [0.4, 0.5) is 0 Å². The first-order valence-electron chi connectivity index (χ1n) is 4.15. The number of hydrogen-bond acceptors (Lipinski definition) is 4. The maximum Gasteiger partial charge on any atom is 0.233 e. The van der Waals surface area contributed by atoms with Crippen LogP contribution in [0.2, 0.25) is 0 Å². The molecule has 76 valence electrons. The second kappa shape index (κ2) is 4.29. The van der Waals surface area contributed by atoms with Crippen LogP contribution in [0.25, 0.3) is 0 Å². The summed E-state index contributed by atoms with van der Waals surface area (Å²) >= 11 is 0. The van der Waals surface area contributed by atoms with Crippen LogP contribution < -0.4 is 5.73 Å². The van der Waals surface area contributed by atoms with E-state index >= 15 is 0 Å². The first-order valence-corrected chi connectivity index (χ1v) is 4.15. The summed E-state index contributed by atoms with van der Waals surface area (Å²) in [5, 5.41) is 20.3. The Labute approximate surface area is 76.6 Å². The monoisotopic (exact) mass is 189 g/mol. The molecule has 1 aliphatic heterocycles. The summed E-state index contributed by atoms with van der Waals surface area (Å²) in [5.74, 6) is 0.0641. The number of oxime groups is 1. The third kappa shape index (κ3) is 2.22. The molecule has 1 aliphatic rings. The molecule has 0 radical (unpaired) electrons. The zero-order valence-electron chi connectivity index (χ0n) is 7.55. The fourth-order valence-corrected chi connectivity index (χ4v) is 1.30. The molecule has 1 rings (SSSR count). The zero-order valence-corrected chi connectivity index (χ0v) is 7.55. The van der Waals surface area contributed by atoms with Gasteiger partial charge in [0.2, 0.25) is 5.96 Å². The van der Waals surface area contributed by atoms with Crippen molar-refractivity contribution in [3.63, 3.8) is 0 Å². The van der Waals surface area contributed by atoms with Crippen molar-refractivity contribution < 1.29 is 15.1 Å². The Hall–Kier alpha value is -1.01. The molecule has 1 fully saturated rings. The minimum atomic E-state index is -0.253. The summed E-state index contributed by atoms with van der Waals surface area (Å²) in [7, 11) is 0. The number of aliphatic hydroxyl groups excluding tert-OH is 1. The van der Waals surface area contributed by atoms with Crippen LogP contribution in [0, 0.1) is 0 Å². The van der Waals surface area contributed by atoms with Crippen LogP contribution in [0.5, 0.6) is 0 Å². The summed E-state index contributed by atoms with van der Waals surface area (Å²) in [6, 6.07) is 0.0682. The lowest BCUT2D eigenvalue weighted by molar-refractivity contribution is -0.0570. The molecule has 6 nitrogen and oxygen atoms in total. The Kier molecular flexibility index (Phi) is 3.32. The lowest BCUT2D eigenvalue weighted by atomic mass is 10.2. The third-order valence-corrected chi connectivity index (χ3v) is 2.11. The highest BCUT2D eigenvalue weighted by atomic mass is 16.5. The molecule has 0 aromatic carbocycles. The predicted octanol–water partition coefficient (Wildman–Crippen LogP) is -1.23. The fourth-order valence-electron chi connectivity index (χ4n) is 1.30. The number of ether oxygens (including phenoxy) is 1. The first-order chi connectivity index (χ1) is 6.19. The average molecular weight is 189 g/mol. The molecule has 0 aromatic heterocycles. The highest BCUT2D eigenvalue weighted by molar-refractivity contribution is 5.77. The molecule has 0 amide bonds. The van der Waals surface area contributed by atoms with E-state index in [1.54, 1.807) is 4.90 Å². The molecule has 4 N–H and O–H groups in total. The van der Waals surface area contributed by atoms with E-state index in [1.165, 1.54) is 0 Å². The Morgan fingerprint density at radius 3 is 3.00 bits per heavy atom. The molecule has 2 unspecified atom stereocenters. The minimum absolute atomic E-state index is 0.0536. The quantitative estimate of drug-likeness (QED) is 0.208. The summed E-state index contributed by atoms with van der Waals surface area (Å²) in [6.07, 6.45) is -0.253. The lowest BCUT2D eigenvalue weighted by Gasteiger charge is -2.37. The molecule has 6 heteroatoms. The number of morpholine rings is 1. The van der Waals surface area contributed by atoms with Gasteiger partial charge in [0.1, 0.15) is 0 Å². The summed E-state index contributed by atoms with van der Waals surface area (Å²) in [5.41, 5.74) is 5.44. The standard InChI is InChI=1S/C7H15N3O3/c1-5-4-13-6(3-11)2-10(5)7(8)9-12/h5-6,11-12H,2-4H2,1H3,(H2,8,9). The van der Waals surface area contributed by atoms with Gasteiger partial charge in [0.15, 0.2) is 0 Å². The van der Waals surface area contributed by atoms with Gasteiger partial charge < -0.3 is 25.7 Å². The van der Waals surface area contributed by atoms with E-state index in [-0.39, 0.29) is 24.7 Å². The van der Waals surface area contributed by atoms with Crippen LogP contribution in [-0.2, 0) is 4.74 Å². The molecule has 0 aromatic rings. The van der Waals surface area contributed by atoms with E-state index < -0.39 is 0 Å². The van der Waals surface area contributed by atoms with E-state index in [0.717, 1.165) is 0 Å². The Bertz CT molecular complexity index is 197. The van der Waals surface area contributed by atoms with Crippen molar-refractivity contribution >= 4 is 5.96 Å². The Morgan fingerprint density at radius 1 is 1.77 bits per heavy atom. The van der Waals surface area contributed by atoms with Crippen LogP contribution in [-0.4, -0.2) is 53.1 Å². The van der Waals surface area contributed by atoms with Crippen LogP contribution in [0.1, 0.15) is 6.92 Å². The van der Waals surface area contributed by atoms with E-state index in [2.05, 4.69) is 5.16 Å². The van der Waals surface area contributed by atoms with Crippen molar-refractivity contribution in [3.8, 4) is 0 Å². The molecule has 0 bridgehead atoms. The van der Waals surface area contributed by atoms with Gasteiger partial charge in [-0.25, -0.2) is 0 Å². The van der Waals surface area contributed by atoms with Gasteiger partial charge in [0.25, 0.3) is 0 Å². The van der Waals surface area contributed by atoms with Gasteiger partial charge in [-0.05, 0) is 6.92 Å². The second-order valence-corrected chi connectivity index (χ2v) is 3.10. The van der Waals surface area contributed by atoms with Crippen molar-refractivity contribution in [1.29, 1.82) is 0 Å². The second-order valence-electron chi connectivity index (χ2n) is 3.10. The Balaban J connectivity index is 2.60. The molecule has 0 aliphatic carbocycles. The smallest absolute Gasteiger partial charge is 0.233 e. The van der Waals surface area contributed by atoms with E-state index in [9.17, 15) is 0 Å². The number of nitrogens with two attached hydrogens (primary N) is 1. The highest BCUT2D eigenvalue weighted by Crippen LogP contribution is 2.10. The summed E-state index contributed by atoms with van der Waals surface area (Å²) in [4.78, 5) is 1.70. The Morgan fingerprint density at radius 2 is 2.46 bits per heavy atom. The number of rotatable bonds is 1. The molecule has 0 saturated carbocycles. The summed E-state index contributed by atoms with van der Waals surface area (Å²) in [6.45, 7) is 2.78. The van der Waals surface area contributed by atoms with Gasteiger partial charge in [0, 0.05) is 6.54 Å². The predicted molar refractivity (Wildman–Crippen MR) is 46.4 cm³/mol. The number of aliphatic hydroxyl groups is 1. The largest absolute Gasteiger partial charge is 0.408 e. The normalized spacial score (nSPS) is 30.6. The maximum atomic E-state index is 8.85. The van der Waals surface area contributed by atoms with E-state index in [4.69, 9.17) is 20.8 Å². The minimum Gasteiger partial charge on any atom is -0.408 e. The highest BCUT2D eigenvalue weighted by Gasteiger charge is 2.26. The number of nitrogens with zero attached hydrogens (tertiary/aromatic N) is 2. The molecule has 13 heavy (non-hydrogen) atoms. The molecule has 2 atom stereocenters. The van der Waals surface area contributed by atoms with Crippen molar-refractivity contribution in [2.75, 3.05) is 19.8 Å². The van der Waals surface area contributed by atoms with Crippen molar-refractivity contribution in [3.05, 3.63) is 0 Å². The molecular weight excluding hydrogens is 174 g/mol. The van der Waals surface area contributed by atoms with E-state index in [0.29, 0.717) is 13.2 Å². The van der Waals surface area contributed by atoms with Crippen LogP contribution in [0.15, 0.2) is 5.16 Å². The first kappa shape index (κ1) is 10.1. The number of guanidine groups is 1. The zero-order chi connectivity index (χ0) is 9.84. The lowest BCUT2D eigenvalue weighted by Crippen LogP contribution is -2.54. The van der Waals surface area contributed by atoms with Crippen molar-refractivity contribution in [2.45, 2.75) is 19.1 Å². The van der Waals surface area contributed by atoms with Gasteiger partial charge in [-0.1, -0.05) is 5.16 Å². The molecule has 0 spiro atoms. The molecular formula is C7H15N3O3. The third-order valence-electron chi connectivity index (χ3n) is 2.11. The fraction of sp³-hybridized carbons (Fsp3) is 0.857. The SMILES string of the molecule is CC1COC(CO)CN1/C(N)=N/O. The molecule has 1 heterocycles. The van der Waals surface area contributed by atoms with E-state index in [1.807, 2.05) is 6.92 Å². The van der Waals surface area contributed by atoms with Crippen LogP contribution in [0.3, 0.4) is 0 Å². The van der Waals surface area contributed by atoms with Gasteiger partial charge in [-0.2, -0.15) is 0 Å². The van der Waals surface area contributed by atoms with Gasteiger partial charge in [-0.3, -0.25) is 0 Å². The average Bonchev–Trinajstić information content (AvgIpc) is 2.17.